The van der Waals surface area contributed by atoms with E-state index in [1.807, 2.05) is 24.3 Å². The Bertz CT molecular complexity index is 3910. The highest BCUT2D eigenvalue weighted by molar-refractivity contribution is 6.20. The molecule has 0 atom stereocenters. The van der Waals surface area contributed by atoms with Gasteiger partial charge in [0, 0.05) is 49.8 Å². The van der Waals surface area contributed by atoms with Crippen LogP contribution in [0.5, 0.6) is 0 Å². The van der Waals surface area contributed by atoms with Gasteiger partial charge in [-0.3, -0.25) is 4.57 Å². The van der Waals surface area contributed by atoms with Crippen molar-refractivity contribution in [1.82, 2.24) is 24.5 Å². The summed E-state index contributed by atoms with van der Waals surface area (Å²) in [5, 5.41) is 7.87. The van der Waals surface area contributed by atoms with Crippen LogP contribution in [0.3, 0.4) is 0 Å². The molecule has 13 aromatic rings. The molecule has 67 heavy (non-hydrogen) atoms. The second-order valence-electron chi connectivity index (χ2n) is 17.0. The van der Waals surface area contributed by atoms with Crippen molar-refractivity contribution in [2.45, 2.75) is 0 Å². The molecule has 10 aromatic carbocycles. The molecule has 5 nitrogen and oxygen atoms in total. The van der Waals surface area contributed by atoms with Gasteiger partial charge in [-0.15, -0.1) is 0 Å². The Labute approximate surface area is 387 Å². The molecule has 0 saturated heterocycles. The molecule has 0 spiro atoms. The second-order valence-corrected chi connectivity index (χ2v) is 17.0. The lowest BCUT2D eigenvalue weighted by atomic mass is 9.91. The van der Waals surface area contributed by atoms with Crippen molar-refractivity contribution in [3.63, 3.8) is 0 Å². The van der Waals surface area contributed by atoms with E-state index < -0.39 is 0 Å². The number of rotatable bonds is 7. The number of imidazole rings is 1. The third-order valence-electron chi connectivity index (χ3n) is 13.0. The monoisotopic (exact) mass is 853 g/mol. The van der Waals surface area contributed by atoms with Crippen LogP contribution in [0.4, 0.5) is 0 Å². The van der Waals surface area contributed by atoms with Gasteiger partial charge in [-0.05, 0) is 68.9 Å². The van der Waals surface area contributed by atoms with Crippen LogP contribution in [0.1, 0.15) is 0 Å². The van der Waals surface area contributed by atoms with Crippen molar-refractivity contribution in [3.05, 3.63) is 237 Å². The fourth-order valence-corrected chi connectivity index (χ4v) is 9.75. The van der Waals surface area contributed by atoms with Gasteiger partial charge in [0.15, 0.2) is 5.82 Å². The summed E-state index contributed by atoms with van der Waals surface area (Å²) in [5.74, 6) is 1.55. The van der Waals surface area contributed by atoms with Crippen molar-refractivity contribution in [2.24, 2.45) is 0 Å². The van der Waals surface area contributed by atoms with Gasteiger partial charge in [0.2, 0.25) is 0 Å². The number of aromatic nitrogens is 5. The quantitative estimate of drug-likeness (QED) is 0.150. The van der Waals surface area contributed by atoms with Crippen molar-refractivity contribution in [2.75, 3.05) is 0 Å². The van der Waals surface area contributed by atoms with E-state index in [4.69, 9.17) is 19.9 Å². The molecule has 312 valence electrons. The fraction of sp³-hybridized carbons (Fsp3) is 0. The molecule has 3 aromatic heterocycles. The van der Waals surface area contributed by atoms with Crippen LogP contribution in [-0.4, -0.2) is 24.5 Å². The molecular formula is C62H39N5. The Morgan fingerprint density at radius 1 is 0.313 bits per heavy atom. The normalized spacial score (nSPS) is 11.6. The minimum absolute atomic E-state index is 0.674. The lowest BCUT2D eigenvalue weighted by molar-refractivity contribution is 1.10. The molecule has 0 saturated carbocycles. The van der Waals surface area contributed by atoms with Crippen LogP contribution in [-0.2, 0) is 0 Å². The van der Waals surface area contributed by atoms with E-state index in [1.165, 1.54) is 10.8 Å². The van der Waals surface area contributed by atoms with E-state index in [0.29, 0.717) is 5.82 Å². The third kappa shape index (κ3) is 6.64. The first-order valence-electron chi connectivity index (χ1n) is 22.6. The Morgan fingerprint density at radius 3 is 1.48 bits per heavy atom. The van der Waals surface area contributed by atoms with Crippen LogP contribution >= 0.6 is 0 Å². The molecule has 0 unspecified atom stereocenters. The molecule has 0 amide bonds. The van der Waals surface area contributed by atoms with Gasteiger partial charge in [0.25, 0.3) is 0 Å². The van der Waals surface area contributed by atoms with Gasteiger partial charge in [-0.2, -0.15) is 0 Å². The maximum atomic E-state index is 5.52. The van der Waals surface area contributed by atoms with Gasteiger partial charge in [-0.25, -0.2) is 19.9 Å². The van der Waals surface area contributed by atoms with Crippen LogP contribution in [0.25, 0.3) is 128 Å². The van der Waals surface area contributed by atoms with Crippen molar-refractivity contribution < 1.29 is 0 Å². The minimum Gasteiger partial charge on any atom is -0.292 e. The number of hydrogen-bond acceptors (Lipinski definition) is 4. The standard InChI is InChI=1S/C62H39N5/c1-4-18-44(19-5-1)61-64-58(48-34-28-40-16-10-12-22-46(40)38-48)55(59(65-61)49-35-29-41-17-11-13-23-47(41)39-49)42-30-32-43(33-31-42)57-56-52(51-26-14-15-27-53(51)63-57)36-37-54-60(56)66-62(45-20-6-2-7-21-45)67(54)50-24-8-3-9-25-50/h1-39H. The molecule has 0 radical (unpaired) electrons. The van der Waals surface area contributed by atoms with Crippen molar-refractivity contribution >= 4 is 54.3 Å². The summed E-state index contributed by atoms with van der Waals surface area (Å²) in [6.07, 6.45) is 0. The summed E-state index contributed by atoms with van der Waals surface area (Å²) in [6.45, 7) is 0. The van der Waals surface area contributed by atoms with Crippen molar-refractivity contribution in [3.8, 4) is 73.4 Å². The van der Waals surface area contributed by atoms with E-state index >= 15 is 0 Å². The first kappa shape index (κ1) is 38.4. The lowest BCUT2D eigenvalue weighted by Gasteiger charge is -2.18. The summed E-state index contributed by atoms with van der Waals surface area (Å²) in [5.41, 5.74) is 13.5. The molecular weight excluding hydrogens is 815 g/mol. The third-order valence-corrected chi connectivity index (χ3v) is 13.0. The molecule has 0 aliphatic carbocycles. The molecule has 0 bridgehead atoms. The first-order chi connectivity index (χ1) is 33.2. The number of pyridine rings is 1. The Kier molecular flexibility index (Phi) is 9.10. The zero-order chi connectivity index (χ0) is 44.3. The summed E-state index contributed by atoms with van der Waals surface area (Å²) < 4.78 is 2.27. The van der Waals surface area contributed by atoms with E-state index in [0.717, 1.165) is 111 Å². The molecule has 5 heteroatoms. The largest absolute Gasteiger partial charge is 0.292 e. The number of hydrogen-bond donors (Lipinski definition) is 0. The molecule has 3 heterocycles. The van der Waals surface area contributed by atoms with Gasteiger partial charge >= 0.3 is 0 Å². The fourth-order valence-electron chi connectivity index (χ4n) is 9.75. The highest BCUT2D eigenvalue weighted by atomic mass is 15.1. The van der Waals surface area contributed by atoms with Crippen LogP contribution in [0, 0.1) is 0 Å². The summed E-state index contributed by atoms with van der Waals surface area (Å²) >= 11 is 0. The Balaban J connectivity index is 1.06. The van der Waals surface area contributed by atoms with Crippen LogP contribution in [0.15, 0.2) is 237 Å². The van der Waals surface area contributed by atoms with Gasteiger partial charge in [0.05, 0.1) is 33.6 Å². The summed E-state index contributed by atoms with van der Waals surface area (Å²) in [7, 11) is 0. The zero-order valence-electron chi connectivity index (χ0n) is 36.3. The average molecular weight is 854 g/mol. The highest BCUT2D eigenvalue weighted by Gasteiger charge is 2.24. The zero-order valence-corrected chi connectivity index (χ0v) is 36.3. The lowest BCUT2D eigenvalue weighted by Crippen LogP contribution is -2.01. The first-order valence-corrected chi connectivity index (χ1v) is 22.6. The highest BCUT2D eigenvalue weighted by Crippen LogP contribution is 2.44. The van der Waals surface area contributed by atoms with Crippen LogP contribution in [0.2, 0.25) is 0 Å². The number of para-hydroxylation sites is 2. The molecule has 13 rings (SSSR count). The molecule has 0 aliphatic rings. The Hall–Kier alpha value is -9.06. The summed E-state index contributed by atoms with van der Waals surface area (Å²) in [6, 6.07) is 83.2. The van der Waals surface area contributed by atoms with Crippen LogP contribution < -0.4 is 0 Å². The predicted octanol–water partition coefficient (Wildman–Crippen LogP) is 15.8. The van der Waals surface area contributed by atoms with E-state index in [2.05, 4.69) is 217 Å². The van der Waals surface area contributed by atoms with Crippen molar-refractivity contribution in [1.29, 1.82) is 0 Å². The van der Waals surface area contributed by atoms with Gasteiger partial charge in [-0.1, -0.05) is 200 Å². The SMILES string of the molecule is c1ccc(-c2nc(-c3ccc4ccccc4c3)c(-c3ccc(-c4nc5ccccc5c5ccc6c(nc(-c7ccccc7)n6-c6ccccc6)c45)cc3)c(-c3ccc4ccccc4c3)n2)cc1. The van der Waals surface area contributed by atoms with E-state index in [1.54, 1.807) is 0 Å². The second kappa shape index (κ2) is 15.9. The maximum Gasteiger partial charge on any atom is 0.160 e. The molecule has 0 aliphatic heterocycles. The summed E-state index contributed by atoms with van der Waals surface area (Å²) in [4.78, 5) is 21.9. The number of nitrogens with zero attached hydrogens (tertiary/aromatic N) is 5. The number of fused-ring (bicyclic) bond motifs is 7. The topological polar surface area (TPSA) is 56.5 Å². The molecule has 0 fully saturated rings. The van der Waals surface area contributed by atoms with Gasteiger partial charge < -0.3 is 0 Å². The molecule has 0 N–H and O–H groups in total. The predicted molar refractivity (Wildman–Crippen MR) is 277 cm³/mol. The smallest absolute Gasteiger partial charge is 0.160 e. The Morgan fingerprint density at radius 2 is 0.836 bits per heavy atom. The van der Waals surface area contributed by atoms with E-state index in [-0.39, 0.29) is 0 Å². The average Bonchev–Trinajstić information content (AvgIpc) is 3.81. The minimum atomic E-state index is 0.674. The maximum absolute atomic E-state index is 5.52. The van der Waals surface area contributed by atoms with E-state index in [9.17, 15) is 0 Å². The number of benzene rings is 10. The van der Waals surface area contributed by atoms with Gasteiger partial charge in [0.1, 0.15) is 5.82 Å².